The number of rotatable bonds is 3. The summed E-state index contributed by atoms with van der Waals surface area (Å²) in [5, 5.41) is 0. The molecule has 2 N–H and O–H groups in total. The minimum Gasteiger partial charge on any atom is -0.495 e. The molecule has 0 aliphatic heterocycles. The van der Waals surface area contributed by atoms with Crippen LogP contribution in [-0.2, 0) is 0 Å². The number of ether oxygens (including phenoxy) is 1. The summed E-state index contributed by atoms with van der Waals surface area (Å²) in [5.74, 6) is 0.460. The Bertz CT molecular complexity index is 402. The first-order valence-electron chi connectivity index (χ1n) is 4.59. The van der Waals surface area contributed by atoms with Crippen LogP contribution in [0.1, 0.15) is 21.5 Å². The standard InChI is InChI=1S/C11H14BrNO2/c1-6-4-8(12)11(15-3)10(7(6)2)9(14)5-13/h4H,5,13H2,1-3H3. The van der Waals surface area contributed by atoms with Crippen LogP contribution in [0.5, 0.6) is 5.75 Å². The van der Waals surface area contributed by atoms with Crippen molar-refractivity contribution >= 4 is 21.7 Å². The smallest absolute Gasteiger partial charge is 0.180 e. The lowest BCUT2D eigenvalue weighted by Gasteiger charge is -2.14. The second-order valence-electron chi connectivity index (χ2n) is 3.34. The molecule has 0 atom stereocenters. The van der Waals surface area contributed by atoms with E-state index in [9.17, 15) is 4.79 Å². The highest BCUT2D eigenvalue weighted by atomic mass is 79.9. The molecule has 1 aromatic rings. The lowest BCUT2D eigenvalue weighted by molar-refractivity contribution is 0.0997. The van der Waals surface area contributed by atoms with Crippen LogP contribution in [0.4, 0.5) is 0 Å². The van der Waals surface area contributed by atoms with Crippen molar-refractivity contribution < 1.29 is 9.53 Å². The van der Waals surface area contributed by atoms with E-state index in [1.807, 2.05) is 19.9 Å². The Morgan fingerprint density at radius 3 is 2.60 bits per heavy atom. The molecule has 0 amide bonds. The van der Waals surface area contributed by atoms with Crippen molar-refractivity contribution in [3.63, 3.8) is 0 Å². The van der Waals surface area contributed by atoms with E-state index in [2.05, 4.69) is 15.9 Å². The first-order chi connectivity index (χ1) is 7.02. The topological polar surface area (TPSA) is 52.3 Å². The van der Waals surface area contributed by atoms with Gasteiger partial charge in [-0.2, -0.15) is 0 Å². The molecule has 1 aromatic carbocycles. The molecule has 3 nitrogen and oxygen atoms in total. The summed E-state index contributed by atoms with van der Waals surface area (Å²) in [6.45, 7) is 3.84. The van der Waals surface area contributed by atoms with Gasteiger partial charge >= 0.3 is 0 Å². The van der Waals surface area contributed by atoms with Crippen molar-refractivity contribution in [3.05, 3.63) is 27.2 Å². The third kappa shape index (κ3) is 2.21. The molecular weight excluding hydrogens is 258 g/mol. The molecule has 0 saturated heterocycles. The molecule has 0 saturated carbocycles. The monoisotopic (exact) mass is 271 g/mol. The second kappa shape index (κ2) is 4.77. The lowest BCUT2D eigenvalue weighted by Crippen LogP contribution is -2.16. The highest BCUT2D eigenvalue weighted by Crippen LogP contribution is 2.33. The molecule has 0 radical (unpaired) electrons. The number of aryl methyl sites for hydroxylation is 1. The first-order valence-corrected chi connectivity index (χ1v) is 5.39. The highest BCUT2D eigenvalue weighted by Gasteiger charge is 2.18. The minimum absolute atomic E-state index is 0.00685. The molecule has 4 heteroatoms. The van der Waals surface area contributed by atoms with Crippen LogP contribution in [0.3, 0.4) is 0 Å². The number of Topliss-reactive ketones (excluding diaryl/α,β-unsaturated/α-hetero) is 1. The molecular formula is C11H14BrNO2. The van der Waals surface area contributed by atoms with Gasteiger partial charge < -0.3 is 10.5 Å². The largest absolute Gasteiger partial charge is 0.495 e. The Kier molecular flexibility index (Phi) is 3.88. The molecule has 0 fully saturated rings. The summed E-state index contributed by atoms with van der Waals surface area (Å²) in [5.41, 5.74) is 7.92. The zero-order valence-electron chi connectivity index (χ0n) is 9.06. The van der Waals surface area contributed by atoms with Gasteiger partial charge in [-0.05, 0) is 47.0 Å². The van der Waals surface area contributed by atoms with Crippen molar-refractivity contribution in [3.8, 4) is 5.75 Å². The molecule has 0 spiro atoms. The average Bonchev–Trinajstić information content (AvgIpc) is 2.21. The fourth-order valence-electron chi connectivity index (χ4n) is 1.49. The predicted octanol–water partition coefficient (Wildman–Crippen LogP) is 2.22. The van der Waals surface area contributed by atoms with Crippen LogP contribution in [0, 0.1) is 13.8 Å². The van der Waals surface area contributed by atoms with Gasteiger partial charge in [-0.15, -0.1) is 0 Å². The summed E-state index contributed by atoms with van der Waals surface area (Å²) in [6, 6.07) is 1.93. The number of carbonyl (C=O) groups is 1. The van der Waals surface area contributed by atoms with Crippen LogP contribution in [0.15, 0.2) is 10.5 Å². The molecule has 0 aliphatic carbocycles. The van der Waals surface area contributed by atoms with E-state index in [1.54, 1.807) is 7.11 Å². The summed E-state index contributed by atoms with van der Waals surface area (Å²) in [6.07, 6.45) is 0. The molecule has 0 heterocycles. The number of halogens is 1. The van der Waals surface area contributed by atoms with Gasteiger partial charge in [0.1, 0.15) is 5.75 Å². The van der Waals surface area contributed by atoms with Gasteiger partial charge in [-0.3, -0.25) is 4.79 Å². The number of hydrogen-bond acceptors (Lipinski definition) is 3. The second-order valence-corrected chi connectivity index (χ2v) is 4.19. The van der Waals surface area contributed by atoms with Gasteiger partial charge in [0.25, 0.3) is 0 Å². The molecule has 15 heavy (non-hydrogen) atoms. The Labute approximate surface area is 97.7 Å². The van der Waals surface area contributed by atoms with Crippen LogP contribution in [-0.4, -0.2) is 19.4 Å². The van der Waals surface area contributed by atoms with Crippen LogP contribution in [0.2, 0.25) is 0 Å². The van der Waals surface area contributed by atoms with Crippen molar-refractivity contribution in [1.29, 1.82) is 0 Å². The minimum atomic E-state index is -0.103. The van der Waals surface area contributed by atoms with E-state index in [1.165, 1.54) is 0 Å². The normalized spacial score (nSPS) is 10.2. The maximum atomic E-state index is 11.7. The molecule has 1 rings (SSSR count). The number of carbonyl (C=O) groups excluding carboxylic acids is 1. The Morgan fingerprint density at radius 1 is 1.53 bits per heavy atom. The predicted molar refractivity (Wildman–Crippen MR) is 63.6 cm³/mol. The van der Waals surface area contributed by atoms with Gasteiger partial charge in [0.2, 0.25) is 0 Å². The van der Waals surface area contributed by atoms with Crippen LogP contribution < -0.4 is 10.5 Å². The molecule has 0 aromatic heterocycles. The van der Waals surface area contributed by atoms with Gasteiger partial charge in [0.15, 0.2) is 5.78 Å². The number of benzene rings is 1. The summed E-state index contributed by atoms with van der Waals surface area (Å²) in [7, 11) is 1.54. The third-order valence-electron chi connectivity index (χ3n) is 2.42. The fraction of sp³-hybridized carbons (Fsp3) is 0.364. The molecule has 0 unspecified atom stereocenters. The van der Waals surface area contributed by atoms with Gasteiger partial charge in [0, 0.05) is 0 Å². The molecule has 82 valence electrons. The van der Waals surface area contributed by atoms with E-state index < -0.39 is 0 Å². The van der Waals surface area contributed by atoms with Gasteiger partial charge in [-0.1, -0.05) is 0 Å². The quantitative estimate of drug-likeness (QED) is 0.858. The highest BCUT2D eigenvalue weighted by molar-refractivity contribution is 9.10. The van der Waals surface area contributed by atoms with Crippen LogP contribution in [0.25, 0.3) is 0 Å². The number of nitrogens with two attached hydrogens (primary N) is 1. The van der Waals surface area contributed by atoms with Gasteiger partial charge in [-0.25, -0.2) is 0 Å². The van der Waals surface area contributed by atoms with Crippen LogP contribution >= 0.6 is 15.9 Å². The average molecular weight is 272 g/mol. The Hall–Kier alpha value is -0.870. The molecule has 0 aliphatic rings. The van der Waals surface area contributed by atoms with E-state index in [0.29, 0.717) is 11.3 Å². The summed E-state index contributed by atoms with van der Waals surface area (Å²) >= 11 is 3.37. The third-order valence-corrected chi connectivity index (χ3v) is 3.01. The zero-order valence-corrected chi connectivity index (χ0v) is 10.6. The van der Waals surface area contributed by atoms with Gasteiger partial charge in [0.05, 0.1) is 23.7 Å². The zero-order chi connectivity index (χ0) is 11.6. The fourth-order valence-corrected chi connectivity index (χ4v) is 2.19. The number of ketones is 1. The van der Waals surface area contributed by atoms with Crippen molar-refractivity contribution in [2.24, 2.45) is 5.73 Å². The number of methoxy groups -OCH3 is 1. The summed E-state index contributed by atoms with van der Waals surface area (Å²) in [4.78, 5) is 11.7. The Balaban J connectivity index is 3.50. The van der Waals surface area contributed by atoms with Crippen molar-refractivity contribution in [2.75, 3.05) is 13.7 Å². The van der Waals surface area contributed by atoms with E-state index >= 15 is 0 Å². The van der Waals surface area contributed by atoms with Crippen molar-refractivity contribution in [2.45, 2.75) is 13.8 Å². The van der Waals surface area contributed by atoms with E-state index in [4.69, 9.17) is 10.5 Å². The Morgan fingerprint density at radius 2 is 2.13 bits per heavy atom. The number of hydrogen-bond donors (Lipinski definition) is 1. The van der Waals surface area contributed by atoms with E-state index in [-0.39, 0.29) is 12.3 Å². The first kappa shape index (κ1) is 12.2. The summed E-state index contributed by atoms with van der Waals surface area (Å²) < 4.78 is 5.99. The van der Waals surface area contributed by atoms with Crippen molar-refractivity contribution in [1.82, 2.24) is 0 Å². The maximum Gasteiger partial charge on any atom is 0.180 e. The lowest BCUT2D eigenvalue weighted by atomic mass is 9.99. The van der Waals surface area contributed by atoms with E-state index in [0.717, 1.165) is 15.6 Å². The maximum absolute atomic E-state index is 11.7. The molecule has 0 bridgehead atoms. The SMILES string of the molecule is COc1c(Br)cc(C)c(C)c1C(=O)CN.